The van der Waals surface area contributed by atoms with E-state index < -0.39 is 0 Å². The van der Waals surface area contributed by atoms with Crippen LogP contribution in [0.15, 0.2) is 0 Å². The molecule has 2 amide bonds. The van der Waals surface area contributed by atoms with Crippen LogP contribution >= 0.6 is 0 Å². The normalized spacial score (nSPS) is 21.5. The van der Waals surface area contributed by atoms with Gasteiger partial charge >= 0.3 is 0 Å². The molecule has 1 unspecified atom stereocenters. The Hall–Kier alpha value is -1.10. The zero-order valence-electron chi connectivity index (χ0n) is 8.69. The second-order valence-corrected chi connectivity index (χ2v) is 3.76. The Kier molecular flexibility index (Phi) is 3.46. The maximum atomic E-state index is 11.4. The van der Waals surface area contributed by atoms with Gasteiger partial charge in [0.2, 0.25) is 11.8 Å². The van der Waals surface area contributed by atoms with E-state index in [9.17, 15) is 9.59 Å². The summed E-state index contributed by atoms with van der Waals surface area (Å²) in [5, 5.41) is 0. The average Bonchev–Trinajstić information content (AvgIpc) is 2.44. The third kappa shape index (κ3) is 2.45. The number of nitrogens with zero attached hydrogens (tertiary/aromatic N) is 2. The molecule has 0 spiro atoms. The number of likely N-dealkylation sites (tertiary alicyclic amines) is 1. The first-order chi connectivity index (χ1) is 6.52. The maximum absolute atomic E-state index is 11.4. The molecule has 1 heterocycles. The van der Waals surface area contributed by atoms with E-state index in [1.165, 1.54) is 4.90 Å². The lowest BCUT2D eigenvalue weighted by Gasteiger charge is -2.17. The Morgan fingerprint density at radius 2 is 2.29 bits per heavy atom. The van der Waals surface area contributed by atoms with E-state index in [0.29, 0.717) is 25.9 Å². The Morgan fingerprint density at radius 3 is 2.71 bits per heavy atom. The Bertz CT molecular complexity index is 240. The van der Waals surface area contributed by atoms with Gasteiger partial charge in [-0.15, -0.1) is 0 Å². The van der Waals surface area contributed by atoms with Crippen molar-refractivity contribution in [2.75, 3.05) is 27.2 Å². The van der Waals surface area contributed by atoms with Crippen LogP contribution in [0.25, 0.3) is 0 Å². The van der Waals surface area contributed by atoms with Gasteiger partial charge in [0.25, 0.3) is 0 Å². The van der Waals surface area contributed by atoms with Crippen LogP contribution in [0.2, 0.25) is 0 Å². The minimum Gasteiger partial charge on any atom is -0.349 e. The van der Waals surface area contributed by atoms with Crippen LogP contribution in [0.1, 0.15) is 12.8 Å². The minimum atomic E-state index is -0.357. The van der Waals surface area contributed by atoms with Crippen LogP contribution in [0.3, 0.4) is 0 Å². The number of carbonyl (C=O) groups is 2. The molecule has 14 heavy (non-hydrogen) atoms. The summed E-state index contributed by atoms with van der Waals surface area (Å²) in [7, 11) is 3.42. The van der Waals surface area contributed by atoms with Crippen LogP contribution in [0.4, 0.5) is 0 Å². The van der Waals surface area contributed by atoms with Gasteiger partial charge in [0.15, 0.2) is 0 Å². The highest BCUT2D eigenvalue weighted by molar-refractivity contribution is 5.84. The van der Waals surface area contributed by atoms with E-state index in [-0.39, 0.29) is 17.9 Å². The van der Waals surface area contributed by atoms with Crippen LogP contribution in [-0.2, 0) is 9.59 Å². The lowest BCUT2D eigenvalue weighted by atomic mass is 10.3. The Labute approximate surface area is 83.8 Å². The van der Waals surface area contributed by atoms with Gasteiger partial charge in [0.1, 0.15) is 0 Å². The van der Waals surface area contributed by atoms with Gasteiger partial charge in [0.05, 0.1) is 6.04 Å². The largest absolute Gasteiger partial charge is 0.349 e. The third-order valence-corrected chi connectivity index (χ3v) is 2.43. The molecule has 0 aromatic rings. The quantitative estimate of drug-likeness (QED) is 0.635. The predicted octanol–water partition coefficient (Wildman–Crippen LogP) is -0.976. The molecule has 0 aliphatic carbocycles. The second kappa shape index (κ2) is 4.41. The smallest absolute Gasteiger partial charge is 0.239 e. The fourth-order valence-electron chi connectivity index (χ4n) is 1.44. The molecular formula is C9H17N3O2. The lowest BCUT2D eigenvalue weighted by molar-refractivity contribution is -0.131. The van der Waals surface area contributed by atoms with Crippen molar-refractivity contribution in [2.24, 2.45) is 5.73 Å². The summed E-state index contributed by atoms with van der Waals surface area (Å²) in [6.07, 6.45) is 1.08. The number of rotatable bonds is 3. The number of hydrogen-bond acceptors (Lipinski definition) is 3. The topological polar surface area (TPSA) is 66.6 Å². The maximum Gasteiger partial charge on any atom is 0.239 e. The predicted molar refractivity (Wildman–Crippen MR) is 52.5 cm³/mol. The molecule has 0 aromatic carbocycles. The van der Waals surface area contributed by atoms with E-state index >= 15 is 0 Å². The minimum absolute atomic E-state index is 0.0310. The highest BCUT2D eigenvalue weighted by atomic mass is 16.2. The van der Waals surface area contributed by atoms with Gasteiger partial charge in [-0.05, 0) is 6.42 Å². The monoisotopic (exact) mass is 199 g/mol. The number of carbonyl (C=O) groups excluding carboxylic acids is 2. The summed E-state index contributed by atoms with van der Waals surface area (Å²) >= 11 is 0. The molecule has 0 bridgehead atoms. The van der Waals surface area contributed by atoms with Gasteiger partial charge in [0, 0.05) is 33.6 Å². The summed E-state index contributed by atoms with van der Waals surface area (Å²) < 4.78 is 0. The Balaban J connectivity index is 2.32. The fraction of sp³-hybridized carbons (Fsp3) is 0.778. The molecule has 1 rings (SSSR count). The number of hydrogen-bond donors (Lipinski definition) is 1. The molecule has 1 aliphatic rings. The SMILES string of the molecule is CN(C)C(=O)CCN1CCC(N)C1=O. The van der Waals surface area contributed by atoms with Gasteiger partial charge in [-0.25, -0.2) is 0 Å². The van der Waals surface area contributed by atoms with Gasteiger partial charge in [-0.1, -0.05) is 0 Å². The summed E-state index contributed by atoms with van der Waals surface area (Å²) in [4.78, 5) is 25.8. The van der Waals surface area contributed by atoms with Crippen molar-refractivity contribution < 1.29 is 9.59 Å². The first-order valence-electron chi connectivity index (χ1n) is 4.77. The first kappa shape index (κ1) is 11.0. The van der Waals surface area contributed by atoms with E-state index in [4.69, 9.17) is 5.73 Å². The van der Waals surface area contributed by atoms with Gasteiger partial charge in [-0.2, -0.15) is 0 Å². The van der Waals surface area contributed by atoms with E-state index in [2.05, 4.69) is 0 Å². The molecule has 0 radical (unpaired) electrons. The highest BCUT2D eigenvalue weighted by Gasteiger charge is 2.28. The third-order valence-electron chi connectivity index (χ3n) is 2.43. The van der Waals surface area contributed by atoms with Gasteiger partial charge in [-0.3, -0.25) is 9.59 Å². The second-order valence-electron chi connectivity index (χ2n) is 3.76. The highest BCUT2D eigenvalue weighted by Crippen LogP contribution is 2.09. The summed E-state index contributed by atoms with van der Waals surface area (Å²) in [5.74, 6) is 0.00910. The molecule has 1 atom stereocenters. The Morgan fingerprint density at radius 1 is 1.64 bits per heavy atom. The van der Waals surface area contributed by atoms with Crippen molar-refractivity contribution in [2.45, 2.75) is 18.9 Å². The molecular weight excluding hydrogens is 182 g/mol. The van der Waals surface area contributed by atoms with Crippen LogP contribution in [0, 0.1) is 0 Å². The van der Waals surface area contributed by atoms with Crippen molar-refractivity contribution in [3.05, 3.63) is 0 Å². The molecule has 5 nitrogen and oxygen atoms in total. The number of nitrogens with two attached hydrogens (primary N) is 1. The summed E-state index contributed by atoms with van der Waals surface area (Å²) in [6.45, 7) is 1.17. The molecule has 1 saturated heterocycles. The summed E-state index contributed by atoms with van der Waals surface area (Å²) in [5.41, 5.74) is 5.55. The van der Waals surface area contributed by atoms with Crippen molar-refractivity contribution in [1.82, 2.24) is 9.80 Å². The van der Waals surface area contributed by atoms with E-state index in [1.54, 1.807) is 19.0 Å². The molecule has 1 fully saturated rings. The molecule has 80 valence electrons. The van der Waals surface area contributed by atoms with E-state index in [0.717, 1.165) is 0 Å². The lowest BCUT2D eigenvalue weighted by Crippen LogP contribution is -2.36. The molecule has 5 heteroatoms. The summed E-state index contributed by atoms with van der Waals surface area (Å²) in [6, 6.07) is -0.357. The fourth-order valence-corrected chi connectivity index (χ4v) is 1.44. The van der Waals surface area contributed by atoms with Crippen molar-refractivity contribution >= 4 is 11.8 Å². The molecule has 1 aliphatic heterocycles. The van der Waals surface area contributed by atoms with Crippen LogP contribution in [-0.4, -0.2) is 54.8 Å². The van der Waals surface area contributed by atoms with Crippen molar-refractivity contribution in [3.63, 3.8) is 0 Å². The zero-order valence-corrected chi connectivity index (χ0v) is 8.69. The zero-order chi connectivity index (χ0) is 10.7. The average molecular weight is 199 g/mol. The molecule has 0 aromatic heterocycles. The number of amides is 2. The molecule has 2 N–H and O–H groups in total. The van der Waals surface area contributed by atoms with Crippen molar-refractivity contribution in [3.8, 4) is 0 Å². The van der Waals surface area contributed by atoms with E-state index in [1.807, 2.05) is 0 Å². The van der Waals surface area contributed by atoms with Gasteiger partial charge < -0.3 is 15.5 Å². The molecule has 0 saturated carbocycles. The van der Waals surface area contributed by atoms with Crippen LogP contribution in [0.5, 0.6) is 0 Å². The standard InChI is InChI=1S/C9H17N3O2/c1-11(2)8(13)4-6-12-5-3-7(10)9(12)14/h7H,3-6,10H2,1-2H3. The van der Waals surface area contributed by atoms with Crippen LogP contribution < -0.4 is 5.73 Å². The van der Waals surface area contributed by atoms with Crippen molar-refractivity contribution in [1.29, 1.82) is 0 Å². The first-order valence-corrected chi connectivity index (χ1v) is 4.77.